The number of pyridine rings is 1. The molecular formula is C14H8BrClN2O3. The minimum absolute atomic E-state index is 0.285. The van der Waals surface area contributed by atoms with Crippen molar-refractivity contribution in [2.45, 2.75) is 0 Å². The van der Waals surface area contributed by atoms with Crippen LogP contribution >= 0.6 is 27.5 Å². The highest BCUT2D eigenvalue weighted by Gasteiger charge is 2.19. The second-order valence-electron chi connectivity index (χ2n) is 4.18. The normalized spacial score (nSPS) is 10.8. The largest absolute Gasteiger partial charge is 0.465 e. The standard InChI is InChI=1S/C14H8BrClN2O3/c1-20-14(19)8-5-12(15)17-6-9(8)13-18-10-4-7(16)2-3-11(10)21-13/h2-6H,1H3. The summed E-state index contributed by atoms with van der Waals surface area (Å²) in [6.45, 7) is 0. The first-order chi connectivity index (χ1) is 10.1. The smallest absolute Gasteiger partial charge is 0.338 e. The second-order valence-corrected chi connectivity index (χ2v) is 5.42. The topological polar surface area (TPSA) is 65.2 Å². The van der Waals surface area contributed by atoms with E-state index >= 15 is 0 Å². The van der Waals surface area contributed by atoms with Crippen LogP contribution in [0.15, 0.2) is 39.5 Å². The van der Waals surface area contributed by atoms with E-state index in [9.17, 15) is 4.79 Å². The zero-order valence-corrected chi connectivity index (χ0v) is 13.1. The number of rotatable bonds is 2. The van der Waals surface area contributed by atoms with Crippen LogP contribution in [0.2, 0.25) is 5.02 Å². The molecule has 0 spiro atoms. The maximum absolute atomic E-state index is 11.9. The third-order valence-corrected chi connectivity index (χ3v) is 3.52. The summed E-state index contributed by atoms with van der Waals surface area (Å²) in [5, 5.41) is 0.560. The zero-order chi connectivity index (χ0) is 15.0. The summed E-state index contributed by atoms with van der Waals surface area (Å²) in [5.41, 5.74) is 1.96. The van der Waals surface area contributed by atoms with Gasteiger partial charge in [-0.2, -0.15) is 0 Å². The van der Waals surface area contributed by atoms with Crippen molar-refractivity contribution >= 4 is 44.6 Å². The van der Waals surface area contributed by atoms with Crippen molar-refractivity contribution in [3.63, 3.8) is 0 Å². The van der Waals surface area contributed by atoms with E-state index < -0.39 is 5.97 Å². The van der Waals surface area contributed by atoms with Gasteiger partial charge in [-0.05, 0) is 40.2 Å². The fraction of sp³-hybridized carbons (Fsp3) is 0.0714. The van der Waals surface area contributed by atoms with Crippen LogP contribution in [0.3, 0.4) is 0 Å². The van der Waals surface area contributed by atoms with E-state index in [0.717, 1.165) is 0 Å². The summed E-state index contributed by atoms with van der Waals surface area (Å²) >= 11 is 9.15. The Morgan fingerprint density at radius 1 is 1.38 bits per heavy atom. The Bertz CT molecular complexity index is 847. The number of methoxy groups -OCH3 is 1. The number of ether oxygens (including phenoxy) is 1. The lowest BCUT2D eigenvalue weighted by molar-refractivity contribution is 0.0601. The zero-order valence-electron chi connectivity index (χ0n) is 10.8. The SMILES string of the molecule is COC(=O)c1cc(Br)ncc1-c1nc2cc(Cl)ccc2o1. The van der Waals surface area contributed by atoms with Gasteiger partial charge < -0.3 is 9.15 Å². The fourth-order valence-corrected chi connectivity index (χ4v) is 2.39. The molecule has 2 heterocycles. The van der Waals surface area contributed by atoms with Gasteiger partial charge >= 0.3 is 5.97 Å². The van der Waals surface area contributed by atoms with Crippen LogP contribution in [-0.4, -0.2) is 23.0 Å². The predicted octanol–water partition coefficient (Wildman–Crippen LogP) is 4.09. The maximum atomic E-state index is 11.9. The average Bonchev–Trinajstić information content (AvgIpc) is 2.89. The van der Waals surface area contributed by atoms with Crippen LogP contribution in [-0.2, 0) is 4.74 Å². The van der Waals surface area contributed by atoms with E-state index in [1.807, 2.05) is 0 Å². The lowest BCUT2D eigenvalue weighted by Crippen LogP contribution is -2.04. The van der Waals surface area contributed by atoms with Gasteiger partial charge in [0.1, 0.15) is 10.1 Å². The number of fused-ring (bicyclic) bond motifs is 1. The van der Waals surface area contributed by atoms with E-state index in [1.54, 1.807) is 24.3 Å². The molecule has 0 saturated heterocycles. The van der Waals surface area contributed by atoms with Gasteiger partial charge in [-0.25, -0.2) is 14.8 Å². The Labute approximate surface area is 133 Å². The first kappa shape index (κ1) is 14.0. The van der Waals surface area contributed by atoms with Crippen LogP contribution in [0.4, 0.5) is 0 Å². The van der Waals surface area contributed by atoms with Crippen molar-refractivity contribution < 1.29 is 13.9 Å². The van der Waals surface area contributed by atoms with E-state index in [-0.39, 0.29) is 5.89 Å². The Balaban J connectivity index is 2.20. The maximum Gasteiger partial charge on any atom is 0.338 e. The van der Waals surface area contributed by atoms with Crippen molar-refractivity contribution in [1.29, 1.82) is 0 Å². The first-order valence-electron chi connectivity index (χ1n) is 5.89. The van der Waals surface area contributed by atoms with Crippen LogP contribution in [0.25, 0.3) is 22.6 Å². The van der Waals surface area contributed by atoms with Crippen LogP contribution in [0.5, 0.6) is 0 Å². The summed E-state index contributed by atoms with van der Waals surface area (Å²) in [6.07, 6.45) is 1.50. The number of nitrogens with zero attached hydrogens (tertiary/aromatic N) is 2. The molecule has 5 nitrogen and oxygen atoms in total. The minimum Gasteiger partial charge on any atom is -0.465 e. The molecule has 3 rings (SSSR count). The van der Waals surface area contributed by atoms with Crippen molar-refractivity contribution in [2.24, 2.45) is 0 Å². The van der Waals surface area contributed by atoms with Gasteiger partial charge in [-0.15, -0.1) is 0 Å². The fourth-order valence-electron chi connectivity index (χ4n) is 1.89. The van der Waals surface area contributed by atoms with Gasteiger partial charge in [0.25, 0.3) is 0 Å². The second kappa shape index (κ2) is 5.46. The van der Waals surface area contributed by atoms with Crippen molar-refractivity contribution in [3.05, 3.63) is 45.7 Å². The van der Waals surface area contributed by atoms with Crippen molar-refractivity contribution in [2.75, 3.05) is 7.11 Å². The molecule has 7 heteroatoms. The summed E-state index contributed by atoms with van der Waals surface area (Å²) in [4.78, 5) is 20.3. The minimum atomic E-state index is -0.492. The van der Waals surface area contributed by atoms with E-state index in [1.165, 1.54) is 13.3 Å². The molecule has 3 aromatic rings. The van der Waals surface area contributed by atoms with Gasteiger partial charge in [0.15, 0.2) is 5.58 Å². The number of hydrogen-bond acceptors (Lipinski definition) is 5. The van der Waals surface area contributed by atoms with Crippen LogP contribution in [0, 0.1) is 0 Å². The van der Waals surface area contributed by atoms with Gasteiger partial charge in [-0.3, -0.25) is 0 Å². The van der Waals surface area contributed by atoms with E-state index in [0.29, 0.717) is 31.9 Å². The Kier molecular flexibility index (Phi) is 3.65. The number of halogens is 2. The van der Waals surface area contributed by atoms with Gasteiger partial charge in [-0.1, -0.05) is 11.6 Å². The summed E-state index contributed by atoms with van der Waals surface area (Å²) in [7, 11) is 1.31. The number of oxazole rings is 1. The highest BCUT2D eigenvalue weighted by molar-refractivity contribution is 9.10. The third-order valence-electron chi connectivity index (χ3n) is 2.86. The van der Waals surface area contributed by atoms with Crippen LogP contribution < -0.4 is 0 Å². The van der Waals surface area contributed by atoms with Gasteiger partial charge in [0.05, 0.1) is 18.2 Å². The number of carbonyl (C=O) groups is 1. The number of carbonyl (C=O) groups excluding carboxylic acids is 1. The molecule has 106 valence electrons. The molecule has 21 heavy (non-hydrogen) atoms. The number of aromatic nitrogens is 2. The molecule has 0 N–H and O–H groups in total. The van der Waals surface area contributed by atoms with E-state index in [2.05, 4.69) is 25.9 Å². The van der Waals surface area contributed by atoms with Gasteiger partial charge in [0.2, 0.25) is 5.89 Å². The lowest BCUT2D eigenvalue weighted by Gasteiger charge is -2.04. The molecule has 0 aliphatic heterocycles. The van der Waals surface area contributed by atoms with E-state index in [4.69, 9.17) is 20.8 Å². The predicted molar refractivity (Wildman–Crippen MR) is 81.3 cm³/mol. The molecule has 0 aliphatic rings. The molecule has 0 radical (unpaired) electrons. The molecule has 0 aliphatic carbocycles. The van der Waals surface area contributed by atoms with Crippen molar-refractivity contribution in [3.8, 4) is 11.5 Å². The quantitative estimate of drug-likeness (QED) is 0.504. The average molecular weight is 368 g/mol. The third kappa shape index (κ3) is 2.64. The molecule has 0 atom stereocenters. The number of benzene rings is 1. The highest BCUT2D eigenvalue weighted by Crippen LogP contribution is 2.29. The van der Waals surface area contributed by atoms with Gasteiger partial charge in [0, 0.05) is 11.2 Å². The molecule has 0 unspecified atom stereocenters. The highest BCUT2D eigenvalue weighted by atomic mass is 79.9. The molecule has 0 saturated carbocycles. The first-order valence-corrected chi connectivity index (χ1v) is 7.06. The Morgan fingerprint density at radius 3 is 2.95 bits per heavy atom. The summed E-state index contributed by atoms with van der Waals surface area (Å²) < 4.78 is 10.9. The monoisotopic (exact) mass is 366 g/mol. The number of hydrogen-bond donors (Lipinski definition) is 0. The molecular weight excluding hydrogens is 360 g/mol. The Hall–Kier alpha value is -1.92. The van der Waals surface area contributed by atoms with Crippen LogP contribution in [0.1, 0.15) is 10.4 Å². The van der Waals surface area contributed by atoms with Crippen molar-refractivity contribution in [1.82, 2.24) is 9.97 Å². The summed E-state index contributed by atoms with van der Waals surface area (Å²) in [5.74, 6) is -0.207. The molecule has 0 amide bonds. The Morgan fingerprint density at radius 2 is 2.19 bits per heavy atom. The molecule has 2 aromatic heterocycles. The lowest BCUT2D eigenvalue weighted by atomic mass is 10.1. The summed E-state index contributed by atoms with van der Waals surface area (Å²) in [6, 6.07) is 6.68. The molecule has 1 aromatic carbocycles. The molecule has 0 fully saturated rings. The molecule has 0 bridgehead atoms. The number of esters is 1.